The van der Waals surface area contributed by atoms with Crippen molar-refractivity contribution in [2.75, 3.05) is 6.61 Å². The third-order valence-corrected chi connectivity index (χ3v) is 3.46. The van der Waals surface area contributed by atoms with Gasteiger partial charge in [0, 0.05) is 6.04 Å². The van der Waals surface area contributed by atoms with E-state index < -0.39 is 0 Å². The fourth-order valence-electron chi connectivity index (χ4n) is 1.94. The highest BCUT2D eigenvalue weighted by molar-refractivity contribution is 5.77. The highest BCUT2D eigenvalue weighted by atomic mass is 16.5. The van der Waals surface area contributed by atoms with Crippen molar-refractivity contribution >= 4 is 5.91 Å². The Morgan fingerprint density at radius 2 is 1.61 bits per heavy atom. The van der Waals surface area contributed by atoms with Crippen molar-refractivity contribution in [2.24, 2.45) is 0 Å². The molecule has 0 spiro atoms. The molecule has 2 aromatic rings. The second-order valence-electron chi connectivity index (χ2n) is 5.41. The summed E-state index contributed by atoms with van der Waals surface area (Å²) < 4.78 is 11.2. The molecule has 122 valence electrons. The molecule has 2 rings (SSSR count). The molecular weight excluding hydrogens is 290 g/mol. The zero-order valence-corrected chi connectivity index (χ0v) is 13.6. The first-order chi connectivity index (χ1) is 11.2. The Bertz CT molecular complexity index is 596. The lowest BCUT2D eigenvalue weighted by Crippen LogP contribution is -2.35. The molecule has 1 N–H and O–H groups in total. The Balaban J connectivity index is 1.77. The van der Waals surface area contributed by atoms with Crippen LogP contribution in [0.25, 0.3) is 0 Å². The predicted molar refractivity (Wildman–Crippen MR) is 90.6 cm³/mol. The van der Waals surface area contributed by atoms with E-state index in [-0.39, 0.29) is 18.6 Å². The molecular formula is C19H23NO3. The molecule has 2 aromatic carbocycles. The summed E-state index contributed by atoms with van der Waals surface area (Å²) >= 11 is 0. The topological polar surface area (TPSA) is 47.6 Å². The molecule has 1 atom stereocenters. The van der Waals surface area contributed by atoms with Gasteiger partial charge in [0.2, 0.25) is 0 Å². The van der Waals surface area contributed by atoms with E-state index in [0.29, 0.717) is 12.4 Å². The third-order valence-electron chi connectivity index (χ3n) is 3.46. The Labute approximate surface area is 137 Å². The maximum atomic E-state index is 11.7. The molecule has 0 aliphatic carbocycles. The van der Waals surface area contributed by atoms with Gasteiger partial charge < -0.3 is 14.8 Å². The SMILES string of the molecule is CC[C@H](C)NC(=O)COc1ccc(OCc2ccccc2)cc1. The summed E-state index contributed by atoms with van der Waals surface area (Å²) in [5.74, 6) is 1.31. The first-order valence-corrected chi connectivity index (χ1v) is 7.86. The number of carbonyl (C=O) groups excluding carboxylic acids is 1. The second-order valence-corrected chi connectivity index (χ2v) is 5.41. The summed E-state index contributed by atoms with van der Waals surface area (Å²) in [6.07, 6.45) is 0.902. The first kappa shape index (κ1) is 16.9. The molecule has 0 unspecified atom stereocenters. The summed E-state index contributed by atoms with van der Waals surface area (Å²) in [6.45, 7) is 4.55. The number of hydrogen-bond acceptors (Lipinski definition) is 3. The quantitative estimate of drug-likeness (QED) is 0.810. The molecule has 0 saturated carbocycles. The average molecular weight is 313 g/mol. The lowest BCUT2D eigenvalue weighted by molar-refractivity contribution is -0.123. The van der Waals surface area contributed by atoms with Crippen LogP contribution in [0.15, 0.2) is 54.6 Å². The van der Waals surface area contributed by atoms with Gasteiger partial charge in [0.25, 0.3) is 5.91 Å². The largest absolute Gasteiger partial charge is 0.489 e. The van der Waals surface area contributed by atoms with Crippen molar-refractivity contribution in [3.63, 3.8) is 0 Å². The molecule has 23 heavy (non-hydrogen) atoms. The Hall–Kier alpha value is -2.49. The van der Waals surface area contributed by atoms with Crippen LogP contribution in [-0.2, 0) is 11.4 Å². The summed E-state index contributed by atoms with van der Waals surface area (Å²) in [5, 5.41) is 2.86. The fourth-order valence-corrected chi connectivity index (χ4v) is 1.94. The van der Waals surface area contributed by atoms with Crippen molar-refractivity contribution in [1.29, 1.82) is 0 Å². The lowest BCUT2D eigenvalue weighted by atomic mass is 10.2. The van der Waals surface area contributed by atoms with E-state index in [1.165, 1.54) is 0 Å². The summed E-state index contributed by atoms with van der Waals surface area (Å²) in [4.78, 5) is 11.7. The van der Waals surface area contributed by atoms with E-state index in [1.807, 2.05) is 56.3 Å². The Morgan fingerprint density at radius 3 is 2.22 bits per heavy atom. The van der Waals surface area contributed by atoms with E-state index >= 15 is 0 Å². The normalized spacial score (nSPS) is 11.6. The molecule has 0 heterocycles. The van der Waals surface area contributed by atoms with Crippen molar-refractivity contribution < 1.29 is 14.3 Å². The van der Waals surface area contributed by atoms with Crippen LogP contribution in [0.5, 0.6) is 11.5 Å². The van der Waals surface area contributed by atoms with Gasteiger partial charge in [0.05, 0.1) is 0 Å². The monoisotopic (exact) mass is 313 g/mol. The smallest absolute Gasteiger partial charge is 0.258 e. The standard InChI is InChI=1S/C19H23NO3/c1-3-15(2)20-19(21)14-23-18-11-9-17(10-12-18)22-13-16-7-5-4-6-8-16/h4-12,15H,3,13-14H2,1-2H3,(H,20,21)/t15-/m0/s1. The van der Waals surface area contributed by atoms with E-state index in [4.69, 9.17) is 9.47 Å². The number of benzene rings is 2. The van der Waals surface area contributed by atoms with E-state index in [9.17, 15) is 4.79 Å². The van der Waals surface area contributed by atoms with E-state index in [1.54, 1.807) is 12.1 Å². The van der Waals surface area contributed by atoms with Crippen LogP contribution in [0.1, 0.15) is 25.8 Å². The molecule has 0 aliphatic rings. The highest BCUT2D eigenvalue weighted by Crippen LogP contribution is 2.18. The Kier molecular flexibility index (Phi) is 6.48. The van der Waals surface area contributed by atoms with Crippen LogP contribution in [0, 0.1) is 0 Å². The first-order valence-electron chi connectivity index (χ1n) is 7.86. The van der Waals surface area contributed by atoms with Crippen molar-refractivity contribution in [2.45, 2.75) is 32.9 Å². The summed E-state index contributed by atoms with van der Waals surface area (Å²) in [5.41, 5.74) is 1.12. The van der Waals surface area contributed by atoms with Gasteiger partial charge in [-0.3, -0.25) is 4.79 Å². The summed E-state index contributed by atoms with van der Waals surface area (Å²) in [7, 11) is 0. The number of rotatable bonds is 8. The number of amides is 1. The third kappa shape index (κ3) is 6.02. The van der Waals surface area contributed by atoms with Gasteiger partial charge in [-0.25, -0.2) is 0 Å². The van der Waals surface area contributed by atoms with Gasteiger partial charge in [-0.1, -0.05) is 37.3 Å². The average Bonchev–Trinajstić information content (AvgIpc) is 2.60. The maximum Gasteiger partial charge on any atom is 0.258 e. The second kappa shape index (κ2) is 8.83. The molecule has 0 aromatic heterocycles. The molecule has 1 amide bonds. The molecule has 0 saturated heterocycles. The van der Waals surface area contributed by atoms with Crippen LogP contribution in [0.2, 0.25) is 0 Å². The van der Waals surface area contributed by atoms with Crippen LogP contribution >= 0.6 is 0 Å². The highest BCUT2D eigenvalue weighted by Gasteiger charge is 2.06. The number of ether oxygens (including phenoxy) is 2. The van der Waals surface area contributed by atoms with Crippen molar-refractivity contribution in [1.82, 2.24) is 5.32 Å². The zero-order valence-electron chi connectivity index (χ0n) is 13.6. The number of nitrogens with one attached hydrogen (secondary N) is 1. The summed E-state index contributed by atoms with van der Waals surface area (Å²) in [6, 6.07) is 17.4. The van der Waals surface area contributed by atoms with Gasteiger partial charge in [-0.05, 0) is 43.2 Å². The molecule has 0 bridgehead atoms. The van der Waals surface area contributed by atoms with Crippen LogP contribution < -0.4 is 14.8 Å². The van der Waals surface area contributed by atoms with Crippen molar-refractivity contribution in [3.05, 3.63) is 60.2 Å². The maximum absolute atomic E-state index is 11.7. The van der Waals surface area contributed by atoms with Crippen LogP contribution in [0.4, 0.5) is 0 Å². The Morgan fingerprint density at radius 1 is 1.00 bits per heavy atom. The lowest BCUT2D eigenvalue weighted by Gasteiger charge is -2.12. The van der Waals surface area contributed by atoms with Crippen LogP contribution in [0.3, 0.4) is 0 Å². The van der Waals surface area contributed by atoms with E-state index in [2.05, 4.69) is 5.32 Å². The van der Waals surface area contributed by atoms with Gasteiger partial charge >= 0.3 is 0 Å². The molecule has 4 heteroatoms. The molecule has 4 nitrogen and oxygen atoms in total. The zero-order chi connectivity index (χ0) is 16.5. The van der Waals surface area contributed by atoms with Crippen LogP contribution in [-0.4, -0.2) is 18.6 Å². The van der Waals surface area contributed by atoms with Crippen molar-refractivity contribution in [3.8, 4) is 11.5 Å². The molecule has 0 aliphatic heterocycles. The minimum atomic E-state index is -0.108. The molecule has 0 radical (unpaired) electrons. The van der Waals surface area contributed by atoms with Gasteiger partial charge in [-0.2, -0.15) is 0 Å². The number of hydrogen-bond donors (Lipinski definition) is 1. The minimum absolute atomic E-state index is 0.0224. The van der Waals surface area contributed by atoms with Gasteiger partial charge in [-0.15, -0.1) is 0 Å². The van der Waals surface area contributed by atoms with Gasteiger partial charge in [0.15, 0.2) is 6.61 Å². The number of carbonyl (C=O) groups is 1. The van der Waals surface area contributed by atoms with E-state index in [0.717, 1.165) is 17.7 Å². The predicted octanol–water partition coefficient (Wildman–Crippen LogP) is 3.56. The minimum Gasteiger partial charge on any atom is -0.489 e. The molecule has 0 fully saturated rings. The fraction of sp³-hybridized carbons (Fsp3) is 0.316. The van der Waals surface area contributed by atoms with Gasteiger partial charge in [0.1, 0.15) is 18.1 Å².